The molecule has 0 spiro atoms. The lowest BCUT2D eigenvalue weighted by atomic mass is 9.85. The first-order chi connectivity index (χ1) is 7.78. The average molecular weight is 252 g/mol. The number of likely N-dealkylation sites (N-methyl/N-ethyl adjacent to an activating group) is 1. The topological polar surface area (TPSA) is 29.3 Å². The van der Waals surface area contributed by atoms with E-state index in [9.17, 15) is 13.2 Å². The molecule has 1 unspecified atom stereocenters. The van der Waals surface area contributed by atoms with Crippen molar-refractivity contribution in [2.75, 3.05) is 13.6 Å². The third kappa shape index (κ3) is 4.14. The van der Waals surface area contributed by atoms with E-state index in [-0.39, 0.29) is 12.0 Å². The van der Waals surface area contributed by atoms with Crippen molar-refractivity contribution in [1.29, 1.82) is 0 Å². The fourth-order valence-electron chi connectivity index (χ4n) is 2.31. The normalized spacial score (nSPS) is 21.4. The van der Waals surface area contributed by atoms with E-state index in [1.165, 1.54) is 6.42 Å². The van der Waals surface area contributed by atoms with Crippen molar-refractivity contribution in [1.82, 2.24) is 4.90 Å². The van der Waals surface area contributed by atoms with E-state index in [1.807, 2.05) is 14.0 Å². The zero-order valence-corrected chi connectivity index (χ0v) is 10.7. The van der Waals surface area contributed by atoms with Gasteiger partial charge in [-0.05, 0) is 39.7 Å². The van der Waals surface area contributed by atoms with Crippen LogP contribution in [-0.2, 0) is 0 Å². The molecule has 0 aliphatic heterocycles. The monoisotopic (exact) mass is 252 g/mol. The predicted molar refractivity (Wildman–Crippen MR) is 62.8 cm³/mol. The van der Waals surface area contributed by atoms with Crippen LogP contribution in [-0.4, -0.2) is 36.2 Å². The fourth-order valence-corrected chi connectivity index (χ4v) is 2.31. The number of rotatable bonds is 6. The first-order valence-corrected chi connectivity index (χ1v) is 6.28. The Morgan fingerprint density at radius 1 is 1.24 bits per heavy atom. The molecule has 102 valence electrons. The Bertz CT molecular complexity index is 238. The van der Waals surface area contributed by atoms with Crippen molar-refractivity contribution in [3.05, 3.63) is 0 Å². The molecular weight excluding hydrogens is 229 g/mol. The van der Waals surface area contributed by atoms with Crippen LogP contribution in [0.15, 0.2) is 0 Å². The van der Waals surface area contributed by atoms with E-state index in [2.05, 4.69) is 4.90 Å². The molecule has 1 atom stereocenters. The maximum atomic E-state index is 12.1. The van der Waals surface area contributed by atoms with Gasteiger partial charge in [-0.3, -0.25) is 4.90 Å². The van der Waals surface area contributed by atoms with Gasteiger partial charge in [0.05, 0.1) is 0 Å². The van der Waals surface area contributed by atoms with Crippen LogP contribution in [0.2, 0.25) is 0 Å². The van der Waals surface area contributed by atoms with Crippen LogP contribution < -0.4 is 5.73 Å². The van der Waals surface area contributed by atoms with Gasteiger partial charge in [0.25, 0.3) is 0 Å². The molecule has 0 amide bonds. The molecule has 0 bridgehead atoms. The lowest BCUT2D eigenvalue weighted by molar-refractivity contribution is -0.137. The number of alkyl halides is 3. The van der Waals surface area contributed by atoms with Crippen LogP contribution in [0.3, 0.4) is 0 Å². The molecule has 1 aliphatic rings. The lowest BCUT2D eigenvalue weighted by Gasteiger charge is -2.46. The molecule has 0 radical (unpaired) electrons. The van der Waals surface area contributed by atoms with E-state index in [4.69, 9.17) is 5.73 Å². The van der Waals surface area contributed by atoms with E-state index >= 15 is 0 Å². The Labute approximate surface area is 101 Å². The van der Waals surface area contributed by atoms with Crippen molar-refractivity contribution in [2.45, 2.75) is 63.2 Å². The highest BCUT2D eigenvalue weighted by molar-refractivity contribution is 4.92. The third-order valence-electron chi connectivity index (χ3n) is 4.09. The van der Waals surface area contributed by atoms with Crippen molar-refractivity contribution in [3.63, 3.8) is 0 Å². The van der Waals surface area contributed by atoms with Crippen molar-refractivity contribution < 1.29 is 13.2 Å². The Kier molecular flexibility index (Phi) is 4.84. The molecule has 1 fully saturated rings. The second-order valence-electron chi connectivity index (χ2n) is 5.37. The zero-order chi connectivity index (χ0) is 13.1. The molecule has 0 saturated heterocycles. The smallest absolute Gasteiger partial charge is 0.329 e. The van der Waals surface area contributed by atoms with Crippen LogP contribution in [0, 0.1) is 0 Å². The highest BCUT2D eigenvalue weighted by Crippen LogP contribution is 2.32. The molecule has 0 aromatic carbocycles. The summed E-state index contributed by atoms with van der Waals surface area (Å²) < 4.78 is 36.4. The van der Waals surface area contributed by atoms with Gasteiger partial charge in [-0.2, -0.15) is 13.2 Å². The van der Waals surface area contributed by atoms with Crippen LogP contribution in [0.25, 0.3) is 0 Å². The number of hydrogen-bond donors (Lipinski definition) is 1. The Hall–Kier alpha value is -0.290. The second-order valence-corrected chi connectivity index (χ2v) is 5.37. The van der Waals surface area contributed by atoms with Crippen LogP contribution >= 0.6 is 0 Å². The zero-order valence-electron chi connectivity index (χ0n) is 10.7. The first kappa shape index (κ1) is 14.8. The molecule has 0 aromatic rings. The van der Waals surface area contributed by atoms with Crippen molar-refractivity contribution in [2.24, 2.45) is 5.73 Å². The van der Waals surface area contributed by atoms with Crippen molar-refractivity contribution in [3.8, 4) is 0 Å². The number of nitrogens with zero attached hydrogens (tertiary/aromatic N) is 1. The van der Waals surface area contributed by atoms with Gasteiger partial charge in [-0.15, -0.1) is 0 Å². The highest BCUT2D eigenvalue weighted by Gasteiger charge is 2.36. The molecule has 5 heteroatoms. The molecule has 1 saturated carbocycles. The van der Waals surface area contributed by atoms with Gasteiger partial charge in [0.2, 0.25) is 0 Å². The first-order valence-electron chi connectivity index (χ1n) is 6.28. The van der Waals surface area contributed by atoms with E-state index in [0.717, 1.165) is 12.8 Å². The molecule has 1 rings (SSSR count). The lowest BCUT2D eigenvalue weighted by Crippen LogP contribution is -2.55. The number of hydrogen-bond acceptors (Lipinski definition) is 2. The molecular formula is C12H23F3N2. The summed E-state index contributed by atoms with van der Waals surface area (Å²) in [5.74, 6) is 0. The Balaban J connectivity index is 2.43. The highest BCUT2D eigenvalue weighted by atomic mass is 19.4. The summed E-state index contributed by atoms with van der Waals surface area (Å²) in [5.41, 5.74) is 5.46. The minimum atomic E-state index is -4.05. The summed E-state index contributed by atoms with van der Waals surface area (Å²) >= 11 is 0. The van der Waals surface area contributed by atoms with Crippen LogP contribution in [0.4, 0.5) is 13.2 Å². The summed E-state index contributed by atoms with van der Waals surface area (Å²) in [7, 11) is 1.99. The average Bonchev–Trinajstić information content (AvgIpc) is 2.12. The minimum Gasteiger partial charge on any atom is -0.329 e. The second kappa shape index (κ2) is 5.57. The van der Waals surface area contributed by atoms with Gasteiger partial charge in [0.1, 0.15) is 0 Å². The van der Waals surface area contributed by atoms with E-state index in [0.29, 0.717) is 19.0 Å². The largest absolute Gasteiger partial charge is 0.389 e. The molecule has 1 aliphatic carbocycles. The van der Waals surface area contributed by atoms with Gasteiger partial charge in [0, 0.05) is 24.5 Å². The summed E-state index contributed by atoms with van der Waals surface area (Å²) in [6.07, 6.45) is -0.579. The molecule has 2 N–H and O–H groups in total. The summed E-state index contributed by atoms with van der Waals surface area (Å²) in [4.78, 5) is 2.19. The summed E-state index contributed by atoms with van der Waals surface area (Å²) in [5, 5.41) is 0. The number of halogens is 3. The number of nitrogens with two attached hydrogens (primary N) is 1. The predicted octanol–water partition coefficient (Wildman–Crippen LogP) is 2.92. The molecule has 0 aromatic heterocycles. The van der Waals surface area contributed by atoms with Crippen molar-refractivity contribution >= 4 is 0 Å². The van der Waals surface area contributed by atoms with Gasteiger partial charge in [-0.1, -0.05) is 6.42 Å². The summed E-state index contributed by atoms with van der Waals surface area (Å²) in [6, 6.07) is 0.509. The standard InChI is InChI=1S/C12H23F3N2/c1-11(9-16,7-4-8-12(13,14)15)17(2)10-5-3-6-10/h10H,3-9,16H2,1-2H3. The van der Waals surface area contributed by atoms with Gasteiger partial charge in [0.15, 0.2) is 0 Å². The quantitative estimate of drug-likeness (QED) is 0.787. The molecule has 2 nitrogen and oxygen atoms in total. The van der Waals surface area contributed by atoms with Crippen LogP contribution in [0.5, 0.6) is 0 Å². The Morgan fingerprint density at radius 3 is 2.18 bits per heavy atom. The molecule has 0 heterocycles. The Morgan fingerprint density at radius 2 is 1.82 bits per heavy atom. The van der Waals surface area contributed by atoms with Gasteiger partial charge in [-0.25, -0.2) is 0 Å². The SMILES string of the molecule is CN(C1CCC1)C(C)(CN)CCCC(F)(F)F. The maximum Gasteiger partial charge on any atom is 0.389 e. The minimum absolute atomic E-state index is 0.161. The van der Waals surface area contributed by atoms with E-state index in [1.54, 1.807) is 0 Å². The van der Waals surface area contributed by atoms with Gasteiger partial charge >= 0.3 is 6.18 Å². The fraction of sp³-hybridized carbons (Fsp3) is 1.00. The van der Waals surface area contributed by atoms with Crippen LogP contribution in [0.1, 0.15) is 45.4 Å². The maximum absolute atomic E-state index is 12.1. The third-order valence-corrected chi connectivity index (χ3v) is 4.09. The van der Waals surface area contributed by atoms with E-state index < -0.39 is 12.6 Å². The molecule has 17 heavy (non-hydrogen) atoms. The van der Waals surface area contributed by atoms with Gasteiger partial charge < -0.3 is 5.73 Å². The summed E-state index contributed by atoms with van der Waals surface area (Å²) in [6.45, 7) is 2.39.